The second-order valence-electron chi connectivity index (χ2n) is 4.63. The first-order chi connectivity index (χ1) is 8.88. The van der Waals surface area contributed by atoms with E-state index in [0.717, 1.165) is 25.3 Å². The second kappa shape index (κ2) is 4.69. The molecule has 0 radical (unpaired) electrons. The smallest absolute Gasteiger partial charge is 0.203 e. The van der Waals surface area contributed by atoms with E-state index in [-0.39, 0.29) is 0 Å². The number of imidazole rings is 1. The van der Waals surface area contributed by atoms with Crippen LogP contribution in [0.3, 0.4) is 0 Å². The fraction of sp³-hybridized carbons (Fsp3) is 0.267. The van der Waals surface area contributed by atoms with Gasteiger partial charge >= 0.3 is 0 Å². The third-order valence-electron chi connectivity index (χ3n) is 3.48. The maximum Gasteiger partial charge on any atom is 0.203 e. The molecule has 1 atom stereocenters. The topological polar surface area (TPSA) is 29.9 Å². The molecule has 2 aromatic rings. The fourth-order valence-corrected chi connectivity index (χ4v) is 2.60. The van der Waals surface area contributed by atoms with Crippen LogP contribution in [0.25, 0.3) is 0 Å². The number of anilines is 1. The number of aryl methyl sites for hydroxylation is 1. The van der Waals surface area contributed by atoms with Gasteiger partial charge < -0.3 is 9.88 Å². The van der Waals surface area contributed by atoms with Crippen LogP contribution in [0.1, 0.15) is 23.6 Å². The highest BCUT2D eigenvalue weighted by Gasteiger charge is 2.22. The van der Waals surface area contributed by atoms with E-state index in [1.54, 1.807) is 0 Å². The Hall–Kier alpha value is -2.03. The summed E-state index contributed by atoms with van der Waals surface area (Å²) in [7, 11) is 0. The minimum Gasteiger partial charge on any atom is -0.349 e. The van der Waals surface area contributed by atoms with Crippen molar-refractivity contribution in [1.29, 1.82) is 0 Å². The fourth-order valence-electron chi connectivity index (χ4n) is 2.60. The Bertz CT molecular complexity index is 556. The molecule has 0 aliphatic heterocycles. The molecule has 92 valence electrons. The molecule has 1 aliphatic carbocycles. The summed E-state index contributed by atoms with van der Waals surface area (Å²) in [5, 5.41) is 3.53. The summed E-state index contributed by atoms with van der Waals surface area (Å²) >= 11 is 0. The van der Waals surface area contributed by atoms with E-state index in [0.29, 0.717) is 6.04 Å². The van der Waals surface area contributed by atoms with E-state index in [1.165, 1.54) is 11.1 Å². The van der Waals surface area contributed by atoms with Crippen molar-refractivity contribution in [2.24, 2.45) is 0 Å². The van der Waals surface area contributed by atoms with E-state index in [1.807, 2.05) is 18.5 Å². The van der Waals surface area contributed by atoms with Gasteiger partial charge in [0.05, 0.1) is 6.04 Å². The number of hydrogen-bond donors (Lipinski definition) is 1. The van der Waals surface area contributed by atoms with Crippen LogP contribution >= 0.6 is 0 Å². The van der Waals surface area contributed by atoms with Crippen molar-refractivity contribution in [3.8, 4) is 0 Å². The van der Waals surface area contributed by atoms with Crippen molar-refractivity contribution in [1.82, 2.24) is 9.55 Å². The molecule has 0 fully saturated rings. The first-order valence-corrected chi connectivity index (χ1v) is 6.35. The van der Waals surface area contributed by atoms with Gasteiger partial charge in [-0.15, -0.1) is 6.58 Å². The number of hydrogen-bond acceptors (Lipinski definition) is 2. The van der Waals surface area contributed by atoms with Crippen molar-refractivity contribution in [2.75, 3.05) is 5.32 Å². The third-order valence-corrected chi connectivity index (χ3v) is 3.48. The van der Waals surface area contributed by atoms with E-state index in [9.17, 15) is 0 Å². The molecule has 1 aliphatic rings. The lowest BCUT2D eigenvalue weighted by Crippen LogP contribution is -2.11. The first kappa shape index (κ1) is 11.1. The molecule has 1 unspecified atom stereocenters. The van der Waals surface area contributed by atoms with Gasteiger partial charge in [-0.25, -0.2) is 4.98 Å². The number of nitrogens with one attached hydrogen (secondary N) is 1. The Labute approximate surface area is 107 Å². The molecule has 3 rings (SSSR count). The van der Waals surface area contributed by atoms with Gasteiger partial charge in [-0.1, -0.05) is 30.3 Å². The SMILES string of the molecule is C=CCn1ccnc1NC1CCc2ccccc21. The van der Waals surface area contributed by atoms with Crippen LogP contribution in [-0.4, -0.2) is 9.55 Å². The van der Waals surface area contributed by atoms with E-state index < -0.39 is 0 Å². The van der Waals surface area contributed by atoms with Crippen molar-refractivity contribution < 1.29 is 0 Å². The standard InChI is InChI=1S/C15H17N3/c1-2-10-18-11-9-16-15(18)17-14-8-7-12-5-3-4-6-13(12)14/h2-6,9,11,14H,1,7-8,10H2,(H,16,17). The van der Waals surface area contributed by atoms with E-state index in [4.69, 9.17) is 0 Å². The average molecular weight is 239 g/mol. The van der Waals surface area contributed by atoms with Gasteiger partial charge in [0.25, 0.3) is 0 Å². The molecule has 0 saturated carbocycles. The van der Waals surface area contributed by atoms with Crippen molar-refractivity contribution in [3.63, 3.8) is 0 Å². The number of aromatic nitrogens is 2. The molecule has 0 amide bonds. The molecule has 1 aromatic carbocycles. The van der Waals surface area contributed by atoms with Gasteiger partial charge in [-0.3, -0.25) is 0 Å². The Kier molecular flexibility index (Phi) is 2.89. The summed E-state index contributed by atoms with van der Waals surface area (Å²) in [4.78, 5) is 4.38. The summed E-state index contributed by atoms with van der Waals surface area (Å²) in [6.45, 7) is 4.56. The maximum absolute atomic E-state index is 4.38. The zero-order valence-electron chi connectivity index (χ0n) is 10.3. The molecule has 1 heterocycles. The lowest BCUT2D eigenvalue weighted by molar-refractivity contribution is 0.727. The Morgan fingerprint density at radius 3 is 3.22 bits per heavy atom. The Morgan fingerprint density at radius 1 is 1.44 bits per heavy atom. The van der Waals surface area contributed by atoms with Crippen molar-refractivity contribution in [2.45, 2.75) is 25.4 Å². The van der Waals surface area contributed by atoms with Crippen molar-refractivity contribution >= 4 is 5.95 Å². The van der Waals surface area contributed by atoms with Crippen molar-refractivity contribution in [3.05, 3.63) is 60.4 Å². The second-order valence-corrected chi connectivity index (χ2v) is 4.63. The average Bonchev–Trinajstić information content (AvgIpc) is 2.99. The van der Waals surface area contributed by atoms with Crippen LogP contribution < -0.4 is 5.32 Å². The van der Waals surface area contributed by atoms with Gasteiger partial charge in [0.2, 0.25) is 5.95 Å². The molecule has 1 aromatic heterocycles. The van der Waals surface area contributed by atoms with Crippen LogP contribution in [0.4, 0.5) is 5.95 Å². The predicted molar refractivity (Wildman–Crippen MR) is 73.6 cm³/mol. The number of rotatable bonds is 4. The molecule has 0 saturated heterocycles. The molecule has 3 heteroatoms. The number of fused-ring (bicyclic) bond motifs is 1. The minimum absolute atomic E-state index is 0.382. The third kappa shape index (κ3) is 1.92. The number of nitrogens with zero attached hydrogens (tertiary/aromatic N) is 2. The first-order valence-electron chi connectivity index (χ1n) is 6.35. The van der Waals surface area contributed by atoms with Crippen LogP contribution in [0.15, 0.2) is 49.3 Å². The van der Waals surface area contributed by atoms with Gasteiger partial charge in [-0.05, 0) is 24.0 Å². The van der Waals surface area contributed by atoms with E-state index in [2.05, 4.69) is 45.7 Å². The zero-order chi connectivity index (χ0) is 12.4. The van der Waals surface area contributed by atoms with Crippen LogP contribution in [0, 0.1) is 0 Å². The highest BCUT2D eigenvalue weighted by atomic mass is 15.2. The minimum atomic E-state index is 0.382. The zero-order valence-corrected chi connectivity index (χ0v) is 10.3. The lowest BCUT2D eigenvalue weighted by Gasteiger charge is -2.15. The van der Waals surface area contributed by atoms with Gasteiger partial charge in [-0.2, -0.15) is 0 Å². The highest BCUT2D eigenvalue weighted by Crippen LogP contribution is 2.33. The molecule has 0 bridgehead atoms. The molecule has 18 heavy (non-hydrogen) atoms. The summed E-state index contributed by atoms with van der Waals surface area (Å²) in [6.07, 6.45) is 7.98. The van der Waals surface area contributed by atoms with Crippen LogP contribution in [0.5, 0.6) is 0 Å². The van der Waals surface area contributed by atoms with E-state index >= 15 is 0 Å². The monoisotopic (exact) mass is 239 g/mol. The van der Waals surface area contributed by atoms with Gasteiger partial charge in [0.15, 0.2) is 0 Å². The highest BCUT2D eigenvalue weighted by molar-refractivity contribution is 5.41. The summed E-state index contributed by atoms with van der Waals surface area (Å²) < 4.78 is 2.08. The number of allylic oxidation sites excluding steroid dienone is 1. The molecule has 1 N–H and O–H groups in total. The molecule has 3 nitrogen and oxygen atoms in total. The molecule has 0 spiro atoms. The van der Waals surface area contributed by atoms with Gasteiger partial charge in [0.1, 0.15) is 0 Å². The van der Waals surface area contributed by atoms with Crippen LogP contribution in [0.2, 0.25) is 0 Å². The van der Waals surface area contributed by atoms with Gasteiger partial charge in [0, 0.05) is 18.9 Å². The molecular weight excluding hydrogens is 222 g/mol. The molecular formula is C15H17N3. The quantitative estimate of drug-likeness (QED) is 0.830. The Balaban J connectivity index is 1.82. The summed E-state index contributed by atoms with van der Waals surface area (Å²) in [6, 6.07) is 9.02. The largest absolute Gasteiger partial charge is 0.349 e. The van der Waals surface area contributed by atoms with Crippen LogP contribution in [-0.2, 0) is 13.0 Å². The predicted octanol–water partition coefficient (Wildman–Crippen LogP) is 3.17. The Morgan fingerprint density at radius 2 is 2.33 bits per heavy atom. The number of benzene rings is 1. The summed E-state index contributed by atoms with van der Waals surface area (Å²) in [5.41, 5.74) is 2.86. The summed E-state index contributed by atoms with van der Waals surface area (Å²) in [5.74, 6) is 0.927. The maximum atomic E-state index is 4.38. The lowest BCUT2D eigenvalue weighted by atomic mass is 10.1. The normalized spacial score (nSPS) is 17.4.